The summed E-state index contributed by atoms with van der Waals surface area (Å²) in [6.07, 6.45) is -0.0710. The van der Waals surface area contributed by atoms with Crippen LogP contribution in [0.1, 0.15) is 6.92 Å². The van der Waals surface area contributed by atoms with Crippen LogP contribution in [0, 0.1) is 0 Å². The zero-order valence-electron chi connectivity index (χ0n) is 4.83. The molecule has 8 heavy (non-hydrogen) atoms. The third-order valence-electron chi connectivity index (χ3n) is 1.04. The topological polar surface area (TPSA) is 18.5 Å². The predicted molar refractivity (Wildman–Crippen MR) is 34.1 cm³/mol. The Morgan fingerprint density at radius 2 is 2.00 bits per heavy atom. The van der Waals surface area contributed by atoms with E-state index in [1.54, 1.807) is 0 Å². The molecule has 1 fully saturated rings. The van der Waals surface area contributed by atoms with Gasteiger partial charge in [0, 0.05) is 5.25 Å². The van der Waals surface area contributed by atoms with Crippen LogP contribution in [0.5, 0.6) is 0 Å². The third-order valence-corrected chi connectivity index (χ3v) is 1.28. The summed E-state index contributed by atoms with van der Waals surface area (Å²) in [6, 6.07) is 0. The summed E-state index contributed by atoms with van der Waals surface area (Å²) in [7, 11) is 0. The average Bonchev–Trinajstić information content (AvgIpc) is 2.12. The Morgan fingerprint density at radius 3 is 2.25 bits per heavy atom. The first-order valence-corrected chi connectivity index (χ1v) is 3.23. The standard InChI is InChI=1S/C5H10O2S/c1-4(8)5-6-2-3-7-5/h4-5,8H,2-3H2,1H3. The maximum atomic E-state index is 5.12. The van der Waals surface area contributed by atoms with Crippen LogP contribution in [0.2, 0.25) is 0 Å². The zero-order valence-corrected chi connectivity index (χ0v) is 5.73. The van der Waals surface area contributed by atoms with Crippen LogP contribution in [0.25, 0.3) is 0 Å². The van der Waals surface area contributed by atoms with Crippen molar-refractivity contribution >= 4 is 12.6 Å². The van der Waals surface area contributed by atoms with Gasteiger partial charge < -0.3 is 9.47 Å². The van der Waals surface area contributed by atoms with Crippen LogP contribution in [-0.2, 0) is 9.47 Å². The molecule has 0 amide bonds. The van der Waals surface area contributed by atoms with Crippen LogP contribution in [0.3, 0.4) is 0 Å². The number of rotatable bonds is 1. The normalized spacial score (nSPS) is 26.2. The maximum Gasteiger partial charge on any atom is 0.169 e. The van der Waals surface area contributed by atoms with Crippen molar-refractivity contribution in [1.82, 2.24) is 0 Å². The maximum absolute atomic E-state index is 5.12. The number of hydrogen-bond donors (Lipinski definition) is 1. The van der Waals surface area contributed by atoms with Gasteiger partial charge in [0.15, 0.2) is 6.29 Å². The predicted octanol–water partition coefficient (Wildman–Crippen LogP) is 0.678. The van der Waals surface area contributed by atoms with Crippen molar-refractivity contribution < 1.29 is 9.47 Å². The van der Waals surface area contributed by atoms with E-state index in [0.717, 1.165) is 13.2 Å². The molecule has 1 unspecified atom stereocenters. The Bertz CT molecular complexity index is 68.8. The lowest BCUT2D eigenvalue weighted by atomic mass is 10.5. The highest BCUT2D eigenvalue weighted by Gasteiger charge is 2.19. The van der Waals surface area contributed by atoms with Gasteiger partial charge in [0.2, 0.25) is 0 Å². The molecular formula is C5H10O2S. The molecule has 1 aliphatic rings. The summed E-state index contributed by atoms with van der Waals surface area (Å²) in [5.41, 5.74) is 0. The molecule has 0 bridgehead atoms. The minimum Gasteiger partial charge on any atom is -0.349 e. The third kappa shape index (κ3) is 1.37. The van der Waals surface area contributed by atoms with Crippen LogP contribution < -0.4 is 0 Å². The van der Waals surface area contributed by atoms with Crippen molar-refractivity contribution in [2.24, 2.45) is 0 Å². The highest BCUT2D eigenvalue weighted by atomic mass is 32.1. The van der Waals surface area contributed by atoms with Crippen LogP contribution in [-0.4, -0.2) is 24.8 Å². The Hall–Kier alpha value is 0.270. The van der Waals surface area contributed by atoms with E-state index in [1.807, 2.05) is 6.92 Å². The largest absolute Gasteiger partial charge is 0.349 e. The molecular weight excluding hydrogens is 124 g/mol. The minimum absolute atomic E-state index is 0.0710. The summed E-state index contributed by atoms with van der Waals surface area (Å²) in [4.78, 5) is 0. The molecule has 0 spiro atoms. The van der Waals surface area contributed by atoms with Crippen molar-refractivity contribution in [3.8, 4) is 0 Å². The fourth-order valence-corrected chi connectivity index (χ4v) is 0.827. The van der Waals surface area contributed by atoms with Gasteiger partial charge in [-0.05, 0) is 6.92 Å². The minimum atomic E-state index is -0.0710. The molecule has 0 aliphatic carbocycles. The molecule has 0 saturated carbocycles. The Morgan fingerprint density at radius 1 is 1.50 bits per heavy atom. The van der Waals surface area contributed by atoms with Crippen LogP contribution >= 0.6 is 12.6 Å². The quantitative estimate of drug-likeness (QED) is 0.531. The van der Waals surface area contributed by atoms with E-state index in [1.165, 1.54) is 0 Å². The van der Waals surface area contributed by atoms with E-state index in [-0.39, 0.29) is 11.5 Å². The Balaban J connectivity index is 2.24. The molecule has 1 saturated heterocycles. The second kappa shape index (κ2) is 2.71. The molecule has 0 N–H and O–H groups in total. The summed E-state index contributed by atoms with van der Waals surface area (Å²) in [5, 5.41) is 0.192. The number of hydrogen-bond acceptors (Lipinski definition) is 3. The van der Waals surface area contributed by atoms with Gasteiger partial charge in [-0.1, -0.05) is 0 Å². The molecule has 1 aliphatic heterocycles. The van der Waals surface area contributed by atoms with Gasteiger partial charge in [0.1, 0.15) is 0 Å². The summed E-state index contributed by atoms with van der Waals surface area (Å²) >= 11 is 4.14. The first kappa shape index (κ1) is 6.39. The molecule has 0 aromatic carbocycles. The molecule has 48 valence electrons. The molecule has 1 rings (SSSR count). The molecule has 1 heterocycles. The van der Waals surface area contributed by atoms with Crippen LogP contribution in [0.15, 0.2) is 0 Å². The van der Waals surface area contributed by atoms with Crippen molar-refractivity contribution in [1.29, 1.82) is 0 Å². The van der Waals surface area contributed by atoms with E-state index in [9.17, 15) is 0 Å². The monoisotopic (exact) mass is 134 g/mol. The average molecular weight is 134 g/mol. The number of ether oxygens (including phenoxy) is 2. The van der Waals surface area contributed by atoms with E-state index in [4.69, 9.17) is 9.47 Å². The molecule has 0 radical (unpaired) electrons. The number of thiol groups is 1. The Kier molecular flexibility index (Phi) is 2.16. The van der Waals surface area contributed by atoms with Crippen molar-refractivity contribution in [2.75, 3.05) is 13.2 Å². The van der Waals surface area contributed by atoms with Gasteiger partial charge in [0.05, 0.1) is 13.2 Å². The summed E-state index contributed by atoms with van der Waals surface area (Å²) < 4.78 is 10.2. The van der Waals surface area contributed by atoms with Crippen molar-refractivity contribution in [3.63, 3.8) is 0 Å². The first-order chi connectivity index (χ1) is 3.80. The van der Waals surface area contributed by atoms with Gasteiger partial charge in [-0.2, -0.15) is 12.6 Å². The molecule has 3 heteroatoms. The smallest absolute Gasteiger partial charge is 0.169 e. The second-order valence-electron chi connectivity index (χ2n) is 1.85. The summed E-state index contributed by atoms with van der Waals surface area (Å²) in [6.45, 7) is 3.39. The fourth-order valence-electron chi connectivity index (χ4n) is 0.655. The highest BCUT2D eigenvalue weighted by molar-refractivity contribution is 7.81. The lowest BCUT2D eigenvalue weighted by Crippen LogP contribution is -2.18. The second-order valence-corrected chi connectivity index (χ2v) is 2.67. The van der Waals surface area contributed by atoms with Gasteiger partial charge in [-0.25, -0.2) is 0 Å². The zero-order chi connectivity index (χ0) is 5.98. The van der Waals surface area contributed by atoms with E-state index in [2.05, 4.69) is 12.6 Å². The van der Waals surface area contributed by atoms with Gasteiger partial charge in [0.25, 0.3) is 0 Å². The SMILES string of the molecule is CC(S)C1OCCO1. The lowest BCUT2D eigenvalue weighted by Gasteiger charge is -2.10. The molecule has 2 nitrogen and oxygen atoms in total. The van der Waals surface area contributed by atoms with Crippen molar-refractivity contribution in [3.05, 3.63) is 0 Å². The first-order valence-electron chi connectivity index (χ1n) is 2.72. The van der Waals surface area contributed by atoms with Crippen LogP contribution in [0.4, 0.5) is 0 Å². The van der Waals surface area contributed by atoms with Gasteiger partial charge >= 0.3 is 0 Å². The highest BCUT2D eigenvalue weighted by Crippen LogP contribution is 2.11. The lowest BCUT2D eigenvalue weighted by molar-refractivity contribution is -0.0381. The van der Waals surface area contributed by atoms with E-state index in [0.29, 0.717) is 0 Å². The fraction of sp³-hybridized carbons (Fsp3) is 1.00. The van der Waals surface area contributed by atoms with Crippen molar-refractivity contribution in [2.45, 2.75) is 18.5 Å². The molecule has 0 aromatic rings. The summed E-state index contributed by atoms with van der Waals surface area (Å²) in [5.74, 6) is 0. The van der Waals surface area contributed by atoms with Gasteiger partial charge in [-0.15, -0.1) is 0 Å². The Labute approximate surface area is 54.6 Å². The molecule has 1 atom stereocenters. The molecule has 0 aromatic heterocycles. The van der Waals surface area contributed by atoms with Gasteiger partial charge in [-0.3, -0.25) is 0 Å². The van der Waals surface area contributed by atoms with E-state index < -0.39 is 0 Å². The van der Waals surface area contributed by atoms with E-state index >= 15 is 0 Å².